The largest absolute Gasteiger partial charge is 0.380 e. The minimum absolute atomic E-state index is 0.161. The molecule has 1 heterocycles. The molecule has 3 rings (SSSR count). The molecule has 0 saturated carbocycles. The van der Waals surface area contributed by atoms with Crippen molar-refractivity contribution in [1.82, 2.24) is 15.1 Å². The van der Waals surface area contributed by atoms with Crippen molar-refractivity contribution in [1.29, 1.82) is 0 Å². The van der Waals surface area contributed by atoms with Crippen molar-refractivity contribution in [3.05, 3.63) is 35.4 Å². The molecule has 0 spiro atoms. The van der Waals surface area contributed by atoms with Gasteiger partial charge >= 0.3 is 0 Å². The van der Waals surface area contributed by atoms with Crippen molar-refractivity contribution in [2.24, 2.45) is 0 Å². The fraction of sp³-hybridized carbons (Fsp3) is 0.650. The smallest absolute Gasteiger partial charge is 0.241 e. The van der Waals surface area contributed by atoms with E-state index in [9.17, 15) is 4.79 Å². The summed E-state index contributed by atoms with van der Waals surface area (Å²) in [5, 5.41) is 3.14. The number of carbonyl (C=O) groups excluding carboxylic acids is 1. The number of likely N-dealkylation sites (N-methyl/N-ethyl adjacent to an activating group) is 1. The molecular formula is C20H31N3O2. The Morgan fingerprint density at radius 1 is 1.12 bits per heavy atom. The summed E-state index contributed by atoms with van der Waals surface area (Å²) < 4.78 is 5.38. The van der Waals surface area contributed by atoms with Gasteiger partial charge in [0.15, 0.2) is 0 Å². The minimum Gasteiger partial charge on any atom is -0.380 e. The van der Waals surface area contributed by atoms with Gasteiger partial charge in [-0.05, 0) is 24.6 Å². The molecule has 0 radical (unpaired) electrons. The molecule has 25 heavy (non-hydrogen) atoms. The number of nitrogens with one attached hydrogen (secondary N) is 1. The summed E-state index contributed by atoms with van der Waals surface area (Å²) in [6.45, 7) is 11.1. The highest BCUT2D eigenvalue weighted by atomic mass is 16.5. The number of hydrogen-bond acceptors (Lipinski definition) is 4. The molecule has 1 fully saturated rings. The first-order valence-corrected chi connectivity index (χ1v) is 9.60. The minimum atomic E-state index is -0.435. The standard InChI is InChI=1S/C20H31N3O2/c1-3-22-10-12-23(13-11-22)20(19(24)21-9-14-25-4-2)15-17-7-5-6-8-18(17)16-20/h5-8H,3-4,9-16H2,1-2H3,(H,21,24). The quantitative estimate of drug-likeness (QED) is 0.757. The van der Waals surface area contributed by atoms with Crippen LogP contribution in [0.1, 0.15) is 25.0 Å². The van der Waals surface area contributed by atoms with Crippen molar-refractivity contribution >= 4 is 5.91 Å². The topological polar surface area (TPSA) is 44.8 Å². The Balaban J connectivity index is 1.75. The normalized spacial score (nSPS) is 20.4. The van der Waals surface area contributed by atoms with E-state index in [1.165, 1.54) is 11.1 Å². The van der Waals surface area contributed by atoms with Crippen molar-refractivity contribution < 1.29 is 9.53 Å². The molecule has 1 aromatic carbocycles. The first-order chi connectivity index (χ1) is 12.2. The molecule has 1 aliphatic carbocycles. The zero-order chi connectivity index (χ0) is 17.7. The third-order valence-electron chi connectivity index (χ3n) is 5.67. The zero-order valence-corrected chi connectivity index (χ0v) is 15.6. The fourth-order valence-corrected chi connectivity index (χ4v) is 4.16. The van der Waals surface area contributed by atoms with E-state index >= 15 is 0 Å². The summed E-state index contributed by atoms with van der Waals surface area (Å²) in [6, 6.07) is 8.51. The molecule has 0 unspecified atom stereocenters. The number of nitrogens with zero attached hydrogens (tertiary/aromatic N) is 2. The lowest BCUT2D eigenvalue weighted by atomic mass is 9.91. The monoisotopic (exact) mass is 345 g/mol. The van der Waals surface area contributed by atoms with Gasteiger partial charge in [-0.25, -0.2) is 0 Å². The molecule has 0 atom stereocenters. The van der Waals surface area contributed by atoms with Gasteiger partial charge in [-0.1, -0.05) is 31.2 Å². The first kappa shape index (κ1) is 18.4. The van der Waals surface area contributed by atoms with Crippen LogP contribution in [0.25, 0.3) is 0 Å². The average Bonchev–Trinajstić information content (AvgIpc) is 3.06. The van der Waals surface area contributed by atoms with E-state index < -0.39 is 5.54 Å². The summed E-state index contributed by atoms with van der Waals surface area (Å²) in [5.74, 6) is 0.161. The molecule has 0 aromatic heterocycles. The van der Waals surface area contributed by atoms with Crippen LogP contribution in [-0.2, 0) is 22.4 Å². The van der Waals surface area contributed by atoms with Gasteiger partial charge in [-0.15, -0.1) is 0 Å². The van der Waals surface area contributed by atoms with Crippen molar-refractivity contribution in [3.63, 3.8) is 0 Å². The Morgan fingerprint density at radius 3 is 2.32 bits per heavy atom. The van der Waals surface area contributed by atoms with Crippen molar-refractivity contribution in [2.75, 3.05) is 52.5 Å². The Labute approximate surface area is 151 Å². The highest BCUT2D eigenvalue weighted by Crippen LogP contribution is 2.35. The molecular weight excluding hydrogens is 314 g/mol. The third-order valence-corrected chi connectivity index (χ3v) is 5.67. The molecule has 1 N–H and O–H groups in total. The summed E-state index contributed by atoms with van der Waals surface area (Å²) in [5.41, 5.74) is 2.20. The van der Waals surface area contributed by atoms with Crippen LogP contribution in [0.15, 0.2) is 24.3 Å². The molecule has 1 aliphatic heterocycles. The number of fused-ring (bicyclic) bond motifs is 1. The van der Waals surface area contributed by atoms with Crippen LogP contribution in [0.5, 0.6) is 0 Å². The maximum Gasteiger partial charge on any atom is 0.241 e. The second-order valence-corrected chi connectivity index (χ2v) is 7.03. The molecule has 1 aromatic rings. The number of rotatable bonds is 7. The average molecular weight is 345 g/mol. The van der Waals surface area contributed by atoms with Crippen LogP contribution in [0.3, 0.4) is 0 Å². The lowest BCUT2D eigenvalue weighted by Gasteiger charge is -2.44. The van der Waals surface area contributed by atoms with Gasteiger partial charge in [0.05, 0.1) is 6.61 Å². The maximum absolute atomic E-state index is 13.2. The van der Waals surface area contributed by atoms with Gasteiger partial charge in [0.25, 0.3) is 0 Å². The number of benzene rings is 1. The molecule has 1 amide bonds. The number of ether oxygens (including phenoxy) is 1. The third kappa shape index (κ3) is 3.89. The molecule has 1 saturated heterocycles. The van der Waals surface area contributed by atoms with E-state index in [0.29, 0.717) is 19.8 Å². The van der Waals surface area contributed by atoms with Gasteiger partial charge in [0.1, 0.15) is 5.54 Å². The number of hydrogen-bond donors (Lipinski definition) is 1. The Morgan fingerprint density at radius 2 is 1.76 bits per heavy atom. The van der Waals surface area contributed by atoms with Gasteiger partial charge in [0, 0.05) is 52.2 Å². The zero-order valence-electron chi connectivity index (χ0n) is 15.6. The van der Waals surface area contributed by atoms with Crippen LogP contribution in [0.4, 0.5) is 0 Å². The fourth-order valence-electron chi connectivity index (χ4n) is 4.16. The summed E-state index contributed by atoms with van der Waals surface area (Å²) in [6.07, 6.45) is 1.63. The number of carbonyl (C=O) groups is 1. The molecule has 0 bridgehead atoms. The van der Waals surface area contributed by atoms with E-state index in [1.54, 1.807) is 0 Å². The lowest BCUT2D eigenvalue weighted by Crippen LogP contribution is -2.64. The highest BCUT2D eigenvalue weighted by Gasteiger charge is 2.48. The van der Waals surface area contributed by atoms with Crippen LogP contribution >= 0.6 is 0 Å². The molecule has 2 aliphatic rings. The first-order valence-electron chi connectivity index (χ1n) is 9.60. The van der Waals surface area contributed by atoms with Crippen LogP contribution < -0.4 is 5.32 Å². The van der Waals surface area contributed by atoms with E-state index in [1.807, 2.05) is 6.92 Å². The predicted octanol–water partition coefficient (Wildman–Crippen LogP) is 1.31. The second kappa shape index (κ2) is 8.30. The van der Waals surface area contributed by atoms with Crippen LogP contribution in [0, 0.1) is 0 Å². The van der Waals surface area contributed by atoms with E-state index in [0.717, 1.165) is 45.6 Å². The van der Waals surface area contributed by atoms with Gasteiger partial charge in [-0.3, -0.25) is 9.69 Å². The van der Waals surface area contributed by atoms with Gasteiger partial charge in [0.2, 0.25) is 5.91 Å². The Hall–Kier alpha value is -1.43. The van der Waals surface area contributed by atoms with Crippen LogP contribution in [0.2, 0.25) is 0 Å². The van der Waals surface area contributed by atoms with E-state index in [-0.39, 0.29) is 5.91 Å². The molecule has 5 nitrogen and oxygen atoms in total. The molecule has 138 valence electrons. The van der Waals surface area contributed by atoms with Gasteiger partial charge < -0.3 is 15.0 Å². The van der Waals surface area contributed by atoms with E-state index in [4.69, 9.17) is 4.74 Å². The summed E-state index contributed by atoms with van der Waals surface area (Å²) in [4.78, 5) is 18.1. The summed E-state index contributed by atoms with van der Waals surface area (Å²) in [7, 11) is 0. The second-order valence-electron chi connectivity index (χ2n) is 7.03. The molecule has 5 heteroatoms. The highest BCUT2D eigenvalue weighted by molar-refractivity contribution is 5.88. The van der Waals surface area contributed by atoms with E-state index in [2.05, 4.69) is 46.3 Å². The van der Waals surface area contributed by atoms with Crippen LogP contribution in [-0.4, -0.2) is 73.7 Å². The number of amides is 1. The lowest BCUT2D eigenvalue weighted by molar-refractivity contribution is -0.135. The SMILES string of the molecule is CCOCCNC(=O)C1(N2CCN(CC)CC2)Cc2ccccc2C1. The predicted molar refractivity (Wildman–Crippen MR) is 99.8 cm³/mol. The van der Waals surface area contributed by atoms with Gasteiger partial charge in [-0.2, -0.15) is 0 Å². The Kier molecular flexibility index (Phi) is 6.10. The van der Waals surface area contributed by atoms with Crippen molar-refractivity contribution in [2.45, 2.75) is 32.2 Å². The van der Waals surface area contributed by atoms with Crippen molar-refractivity contribution in [3.8, 4) is 0 Å². The Bertz CT molecular complexity index is 557. The summed E-state index contributed by atoms with van der Waals surface area (Å²) >= 11 is 0. The maximum atomic E-state index is 13.2. The number of piperazine rings is 1.